The van der Waals surface area contributed by atoms with Crippen molar-refractivity contribution in [3.05, 3.63) is 52.8 Å². The molecule has 0 aliphatic rings. The molecule has 2 aromatic rings. The average molecular weight is 252 g/mol. The SMILES string of the molecule is Cc1nccc(CNc2cccc(Cl)c2F)n1. The molecule has 0 amide bonds. The molecule has 3 nitrogen and oxygen atoms in total. The first-order chi connectivity index (χ1) is 8.16. The number of nitrogens with one attached hydrogen (secondary N) is 1. The van der Waals surface area contributed by atoms with Crippen LogP contribution in [0.5, 0.6) is 0 Å². The molecule has 0 atom stereocenters. The van der Waals surface area contributed by atoms with Gasteiger partial charge < -0.3 is 5.32 Å². The van der Waals surface area contributed by atoms with Gasteiger partial charge in [-0.1, -0.05) is 17.7 Å². The molecule has 0 fully saturated rings. The van der Waals surface area contributed by atoms with Crippen LogP contribution in [0.4, 0.5) is 10.1 Å². The van der Waals surface area contributed by atoms with Crippen molar-refractivity contribution in [2.75, 3.05) is 5.32 Å². The van der Waals surface area contributed by atoms with Crippen LogP contribution in [0.3, 0.4) is 0 Å². The lowest BCUT2D eigenvalue weighted by Gasteiger charge is -2.08. The van der Waals surface area contributed by atoms with E-state index in [9.17, 15) is 4.39 Å². The van der Waals surface area contributed by atoms with E-state index in [2.05, 4.69) is 15.3 Å². The van der Waals surface area contributed by atoms with Gasteiger partial charge in [-0.15, -0.1) is 0 Å². The van der Waals surface area contributed by atoms with Crippen LogP contribution < -0.4 is 5.32 Å². The summed E-state index contributed by atoms with van der Waals surface area (Å²) in [6.45, 7) is 2.24. The molecule has 0 radical (unpaired) electrons. The molecule has 0 saturated heterocycles. The third-order valence-corrected chi connectivity index (χ3v) is 2.54. The lowest BCUT2D eigenvalue weighted by molar-refractivity contribution is 0.630. The fourth-order valence-electron chi connectivity index (χ4n) is 1.43. The van der Waals surface area contributed by atoms with Gasteiger partial charge in [0.2, 0.25) is 0 Å². The largest absolute Gasteiger partial charge is 0.377 e. The molecular formula is C12H11ClFN3. The highest BCUT2D eigenvalue weighted by Gasteiger charge is 2.05. The molecule has 1 aromatic heterocycles. The Hall–Kier alpha value is -1.68. The molecule has 1 aromatic carbocycles. The zero-order valence-corrected chi connectivity index (χ0v) is 10.0. The Morgan fingerprint density at radius 2 is 2.18 bits per heavy atom. The van der Waals surface area contributed by atoms with E-state index in [0.717, 1.165) is 5.69 Å². The van der Waals surface area contributed by atoms with Gasteiger partial charge in [0.25, 0.3) is 0 Å². The molecular weight excluding hydrogens is 241 g/mol. The van der Waals surface area contributed by atoms with Crippen molar-refractivity contribution in [1.29, 1.82) is 0 Å². The molecule has 0 unspecified atom stereocenters. The quantitative estimate of drug-likeness (QED) is 0.910. The number of rotatable bonds is 3. The van der Waals surface area contributed by atoms with E-state index >= 15 is 0 Å². The van der Waals surface area contributed by atoms with E-state index in [4.69, 9.17) is 11.6 Å². The average Bonchev–Trinajstić information content (AvgIpc) is 2.31. The highest BCUT2D eigenvalue weighted by Crippen LogP contribution is 2.22. The van der Waals surface area contributed by atoms with Crippen molar-refractivity contribution >= 4 is 17.3 Å². The first-order valence-electron chi connectivity index (χ1n) is 5.13. The molecule has 0 saturated carbocycles. The minimum atomic E-state index is -0.444. The minimum absolute atomic E-state index is 0.105. The molecule has 0 aliphatic heterocycles. The fourth-order valence-corrected chi connectivity index (χ4v) is 1.60. The molecule has 5 heteroatoms. The number of benzene rings is 1. The fraction of sp³-hybridized carbons (Fsp3) is 0.167. The summed E-state index contributed by atoms with van der Waals surface area (Å²) in [7, 11) is 0. The van der Waals surface area contributed by atoms with E-state index in [1.165, 1.54) is 6.07 Å². The van der Waals surface area contributed by atoms with E-state index in [-0.39, 0.29) is 5.02 Å². The maximum atomic E-state index is 13.6. The summed E-state index contributed by atoms with van der Waals surface area (Å²) in [6.07, 6.45) is 1.67. The van der Waals surface area contributed by atoms with Crippen LogP contribution in [0.1, 0.15) is 11.5 Å². The molecule has 88 valence electrons. The van der Waals surface area contributed by atoms with Gasteiger partial charge in [0.15, 0.2) is 5.82 Å². The Balaban J connectivity index is 2.10. The van der Waals surface area contributed by atoms with Gasteiger partial charge in [0, 0.05) is 6.20 Å². The van der Waals surface area contributed by atoms with Crippen LogP contribution in [0.2, 0.25) is 5.02 Å². The van der Waals surface area contributed by atoms with Crippen LogP contribution in [0.15, 0.2) is 30.5 Å². The second-order valence-electron chi connectivity index (χ2n) is 3.55. The van der Waals surface area contributed by atoms with Gasteiger partial charge in [0.05, 0.1) is 22.9 Å². The number of nitrogens with zero attached hydrogens (tertiary/aromatic N) is 2. The normalized spacial score (nSPS) is 10.3. The molecule has 1 heterocycles. The Morgan fingerprint density at radius 3 is 2.94 bits per heavy atom. The Labute approximate surface area is 104 Å². The number of aromatic nitrogens is 2. The zero-order chi connectivity index (χ0) is 12.3. The Kier molecular flexibility index (Phi) is 3.54. The van der Waals surface area contributed by atoms with Gasteiger partial charge in [-0.05, 0) is 25.1 Å². The number of aryl methyl sites for hydroxylation is 1. The number of hydrogen-bond acceptors (Lipinski definition) is 3. The van der Waals surface area contributed by atoms with E-state index in [0.29, 0.717) is 18.1 Å². The third-order valence-electron chi connectivity index (χ3n) is 2.25. The van der Waals surface area contributed by atoms with Gasteiger partial charge in [-0.25, -0.2) is 14.4 Å². The molecule has 1 N–H and O–H groups in total. The minimum Gasteiger partial charge on any atom is -0.377 e. The second kappa shape index (κ2) is 5.10. The molecule has 0 bridgehead atoms. The van der Waals surface area contributed by atoms with Crippen molar-refractivity contribution in [3.8, 4) is 0 Å². The van der Waals surface area contributed by atoms with Gasteiger partial charge in [0.1, 0.15) is 5.82 Å². The lowest BCUT2D eigenvalue weighted by Crippen LogP contribution is -2.04. The van der Waals surface area contributed by atoms with Gasteiger partial charge >= 0.3 is 0 Å². The number of hydrogen-bond donors (Lipinski definition) is 1. The highest BCUT2D eigenvalue weighted by atomic mass is 35.5. The molecule has 17 heavy (non-hydrogen) atoms. The van der Waals surface area contributed by atoms with E-state index in [1.807, 2.05) is 6.92 Å². The second-order valence-corrected chi connectivity index (χ2v) is 3.96. The molecule has 0 spiro atoms. The van der Waals surface area contributed by atoms with E-state index < -0.39 is 5.82 Å². The first-order valence-corrected chi connectivity index (χ1v) is 5.51. The lowest BCUT2D eigenvalue weighted by atomic mass is 10.3. The number of halogens is 2. The van der Waals surface area contributed by atoms with Crippen molar-refractivity contribution in [3.63, 3.8) is 0 Å². The monoisotopic (exact) mass is 251 g/mol. The van der Waals surface area contributed by atoms with E-state index in [1.54, 1.807) is 24.4 Å². The molecule has 0 aliphatic carbocycles. The predicted molar refractivity (Wildman–Crippen MR) is 65.5 cm³/mol. The Morgan fingerprint density at radius 1 is 1.35 bits per heavy atom. The predicted octanol–water partition coefficient (Wildman–Crippen LogP) is 3.19. The third kappa shape index (κ3) is 2.91. The summed E-state index contributed by atoms with van der Waals surface area (Å²) in [5.41, 5.74) is 1.17. The smallest absolute Gasteiger partial charge is 0.164 e. The summed E-state index contributed by atoms with van der Waals surface area (Å²) >= 11 is 5.68. The Bertz CT molecular complexity index is 531. The van der Waals surface area contributed by atoms with Crippen LogP contribution in [-0.2, 0) is 6.54 Å². The molecule has 2 rings (SSSR count). The van der Waals surface area contributed by atoms with Crippen molar-refractivity contribution < 1.29 is 4.39 Å². The van der Waals surface area contributed by atoms with Crippen molar-refractivity contribution in [2.45, 2.75) is 13.5 Å². The van der Waals surface area contributed by atoms with Crippen LogP contribution in [0.25, 0.3) is 0 Å². The van der Waals surface area contributed by atoms with Gasteiger partial charge in [-0.2, -0.15) is 0 Å². The number of anilines is 1. The zero-order valence-electron chi connectivity index (χ0n) is 9.24. The maximum absolute atomic E-state index is 13.6. The first kappa shape index (κ1) is 11.8. The summed E-state index contributed by atoms with van der Waals surface area (Å²) in [6, 6.07) is 6.62. The summed E-state index contributed by atoms with van der Waals surface area (Å²) in [5, 5.41) is 3.05. The van der Waals surface area contributed by atoms with Gasteiger partial charge in [-0.3, -0.25) is 0 Å². The maximum Gasteiger partial charge on any atom is 0.164 e. The van der Waals surface area contributed by atoms with Crippen molar-refractivity contribution in [2.24, 2.45) is 0 Å². The highest BCUT2D eigenvalue weighted by molar-refractivity contribution is 6.31. The summed E-state index contributed by atoms with van der Waals surface area (Å²) in [4.78, 5) is 8.20. The summed E-state index contributed by atoms with van der Waals surface area (Å²) in [5.74, 6) is 0.246. The van der Waals surface area contributed by atoms with Crippen LogP contribution in [-0.4, -0.2) is 9.97 Å². The summed E-state index contributed by atoms with van der Waals surface area (Å²) < 4.78 is 13.6. The van der Waals surface area contributed by atoms with Crippen molar-refractivity contribution in [1.82, 2.24) is 9.97 Å². The van der Waals surface area contributed by atoms with Crippen LogP contribution in [0, 0.1) is 12.7 Å². The van der Waals surface area contributed by atoms with Crippen LogP contribution >= 0.6 is 11.6 Å². The topological polar surface area (TPSA) is 37.8 Å². The standard InChI is InChI=1S/C12H11ClFN3/c1-8-15-6-5-9(17-8)7-16-11-4-2-3-10(13)12(11)14/h2-6,16H,7H2,1H3.